The first-order valence-electron chi connectivity index (χ1n) is 4.99. The third kappa shape index (κ3) is 5.43. The zero-order valence-corrected chi connectivity index (χ0v) is 10.4. The van der Waals surface area contributed by atoms with Crippen molar-refractivity contribution in [1.82, 2.24) is 5.32 Å². The molecule has 0 fully saturated rings. The molecule has 96 valence electrons. The molecule has 0 aromatic carbocycles. The minimum Gasteiger partial charge on any atom is -0.394 e. The fraction of sp³-hybridized carbons (Fsp3) is 0.889. The van der Waals surface area contributed by atoms with Crippen LogP contribution in [0.1, 0.15) is 19.8 Å². The number of hydrogen-bond acceptors (Lipinski definition) is 5. The van der Waals surface area contributed by atoms with Crippen molar-refractivity contribution in [2.45, 2.75) is 25.3 Å². The van der Waals surface area contributed by atoms with E-state index >= 15 is 0 Å². The van der Waals surface area contributed by atoms with Crippen LogP contribution in [0.15, 0.2) is 0 Å². The summed E-state index contributed by atoms with van der Waals surface area (Å²) in [5, 5.41) is 20.6. The van der Waals surface area contributed by atoms with E-state index in [2.05, 4.69) is 5.32 Å². The van der Waals surface area contributed by atoms with E-state index < -0.39 is 21.3 Å². The Morgan fingerprint density at radius 1 is 1.31 bits per heavy atom. The summed E-state index contributed by atoms with van der Waals surface area (Å²) in [5.74, 6) is -0.731. The van der Waals surface area contributed by atoms with Gasteiger partial charge in [0.25, 0.3) is 0 Å². The molecule has 0 radical (unpaired) electrons. The van der Waals surface area contributed by atoms with Gasteiger partial charge in [-0.2, -0.15) is 0 Å². The van der Waals surface area contributed by atoms with Crippen LogP contribution < -0.4 is 5.32 Å². The van der Waals surface area contributed by atoms with E-state index in [4.69, 9.17) is 10.2 Å². The van der Waals surface area contributed by atoms with Gasteiger partial charge < -0.3 is 15.5 Å². The Morgan fingerprint density at radius 2 is 1.81 bits per heavy atom. The summed E-state index contributed by atoms with van der Waals surface area (Å²) in [4.78, 5) is 11.4. The molecule has 0 saturated heterocycles. The van der Waals surface area contributed by atoms with Crippen molar-refractivity contribution in [2.24, 2.45) is 0 Å². The maximum Gasteiger partial charge on any atom is 0.221 e. The second kappa shape index (κ2) is 6.17. The summed E-state index contributed by atoms with van der Waals surface area (Å²) >= 11 is 0. The van der Waals surface area contributed by atoms with Gasteiger partial charge in [0.1, 0.15) is 9.84 Å². The van der Waals surface area contributed by atoms with Gasteiger partial charge in [-0.25, -0.2) is 8.42 Å². The molecule has 6 nitrogen and oxygen atoms in total. The number of aliphatic hydroxyl groups excluding tert-OH is 2. The Morgan fingerprint density at radius 3 is 2.12 bits per heavy atom. The minimum absolute atomic E-state index is 0.166. The van der Waals surface area contributed by atoms with E-state index in [1.54, 1.807) is 6.92 Å². The first-order chi connectivity index (χ1) is 7.28. The molecular weight excluding hydrogens is 234 g/mol. The molecule has 3 N–H and O–H groups in total. The smallest absolute Gasteiger partial charge is 0.221 e. The zero-order valence-electron chi connectivity index (χ0n) is 9.56. The fourth-order valence-electron chi connectivity index (χ4n) is 1.08. The average Bonchev–Trinajstić information content (AvgIpc) is 2.22. The summed E-state index contributed by atoms with van der Waals surface area (Å²) in [6.45, 7) is 0.943. The van der Waals surface area contributed by atoms with E-state index in [0.29, 0.717) is 6.42 Å². The van der Waals surface area contributed by atoms with Crippen molar-refractivity contribution in [3.8, 4) is 0 Å². The Labute approximate surface area is 95.6 Å². The number of sulfone groups is 1. The van der Waals surface area contributed by atoms with Crippen LogP contribution >= 0.6 is 0 Å². The van der Waals surface area contributed by atoms with E-state index in [9.17, 15) is 13.2 Å². The van der Waals surface area contributed by atoms with Crippen LogP contribution in [0.25, 0.3) is 0 Å². The second-order valence-corrected chi connectivity index (χ2v) is 6.14. The summed E-state index contributed by atoms with van der Waals surface area (Å²) in [5.41, 5.74) is -1.06. The molecule has 1 amide bonds. The molecule has 0 atom stereocenters. The summed E-state index contributed by atoms with van der Waals surface area (Å²) in [6, 6.07) is 0. The highest BCUT2D eigenvalue weighted by atomic mass is 32.2. The Hall–Kier alpha value is -0.660. The lowest BCUT2D eigenvalue weighted by Crippen LogP contribution is -2.54. The number of carbonyl (C=O) groups is 1. The lowest BCUT2D eigenvalue weighted by molar-refractivity contribution is -0.124. The fourth-order valence-corrected chi connectivity index (χ4v) is 1.63. The molecule has 16 heavy (non-hydrogen) atoms. The molecule has 0 bridgehead atoms. The van der Waals surface area contributed by atoms with Gasteiger partial charge in [-0.15, -0.1) is 0 Å². The van der Waals surface area contributed by atoms with Gasteiger partial charge in [0.05, 0.1) is 24.5 Å². The van der Waals surface area contributed by atoms with Crippen LogP contribution in [-0.4, -0.2) is 55.3 Å². The topological polar surface area (TPSA) is 104 Å². The Kier molecular flexibility index (Phi) is 5.91. The third-order valence-electron chi connectivity index (χ3n) is 2.39. The lowest BCUT2D eigenvalue weighted by Gasteiger charge is -2.29. The Balaban J connectivity index is 4.32. The molecule has 0 unspecified atom stereocenters. The molecule has 0 spiro atoms. The highest BCUT2D eigenvalue weighted by molar-refractivity contribution is 7.90. The van der Waals surface area contributed by atoms with E-state index in [1.807, 2.05) is 0 Å². The number of rotatable bonds is 7. The number of hydrogen-bond donors (Lipinski definition) is 3. The van der Waals surface area contributed by atoms with Crippen LogP contribution in [0.2, 0.25) is 0 Å². The van der Waals surface area contributed by atoms with Crippen molar-refractivity contribution < 1.29 is 23.4 Å². The molecule has 7 heteroatoms. The highest BCUT2D eigenvalue weighted by Crippen LogP contribution is 2.08. The van der Waals surface area contributed by atoms with Crippen LogP contribution in [-0.2, 0) is 14.6 Å². The predicted octanol–water partition coefficient (Wildman–Crippen LogP) is -1.33. The predicted molar refractivity (Wildman–Crippen MR) is 59.7 cm³/mol. The first-order valence-corrected chi connectivity index (χ1v) is 7.05. The van der Waals surface area contributed by atoms with Crippen molar-refractivity contribution in [3.63, 3.8) is 0 Å². The summed E-state index contributed by atoms with van der Waals surface area (Å²) in [7, 11) is -3.18. The standard InChI is InChI=1S/C9H19NO5S/c1-3-9(6-11,7-12)10-8(13)4-5-16(2,14)15/h11-12H,3-7H2,1-2H3,(H,10,13). The van der Waals surface area contributed by atoms with Crippen molar-refractivity contribution in [3.05, 3.63) is 0 Å². The van der Waals surface area contributed by atoms with Crippen molar-refractivity contribution >= 4 is 15.7 Å². The van der Waals surface area contributed by atoms with E-state index in [-0.39, 0.29) is 25.4 Å². The summed E-state index contributed by atoms with van der Waals surface area (Å²) < 4.78 is 21.7. The molecule has 0 aliphatic heterocycles. The van der Waals surface area contributed by atoms with Crippen LogP contribution in [0.3, 0.4) is 0 Å². The molecule has 0 aromatic heterocycles. The molecule has 0 heterocycles. The van der Waals surface area contributed by atoms with Crippen molar-refractivity contribution in [1.29, 1.82) is 0 Å². The van der Waals surface area contributed by atoms with Crippen LogP contribution in [0, 0.1) is 0 Å². The SMILES string of the molecule is CCC(CO)(CO)NC(=O)CCS(C)(=O)=O. The number of nitrogens with one attached hydrogen (secondary N) is 1. The molecule has 0 aliphatic rings. The maximum absolute atomic E-state index is 11.4. The van der Waals surface area contributed by atoms with E-state index in [0.717, 1.165) is 6.26 Å². The monoisotopic (exact) mass is 253 g/mol. The van der Waals surface area contributed by atoms with Gasteiger partial charge >= 0.3 is 0 Å². The van der Waals surface area contributed by atoms with Gasteiger partial charge in [-0.05, 0) is 6.42 Å². The lowest BCUT2D eigenvalue weighted by atomic mass is 9.98. The third-order valence-corrected chi connectivity index (χ3v) is 3.33. The highest BCUT2D eigenvalue weighted by Gasteiger charge is 2.28. The summed E-state index contributed by atoms with van der Waals surface area (Å²) in [6.07, 6.45) is 1.25. The maximum atomic E-state index is 11.4. The van der Waals surface area contributed by atoms with Gasteiger partial charge in [-0.3, -0.25) is 4.79 Å². The van der Waals surface area contributed by atoms with Gasteiger partial charge in [-0.1, -0.05) is 6.92 Å². The zero-order chi connectivity index (χ0) is 12.8. The minimum atomic E-state index is -3.18. The first kappa shape index (κ1) is 15.3. The molecular formula is C9H19NO5S. The normalized spacial score (nSPS) is 12.5. The molecule has 0 aliphatic carbocycles. The quantitative estimate of drug-likeness (QED) is 0.521. The largest absolute Gasteiger partial charge is 0.394 e. The molecule has 0 rings (SSSR count). The molecule has 0 aromatic rings. The second-order valence-electron chi connectivity index (χ2n) is 3.88. The van der Waals surface area contributed by atoms with Crippen molar-refractivity contribution in [2.75, 3.05) is 25.2 Å². The van der Waals surface area contributed by atoms with Crippen LogP contribution in [0.5, 0.6) is 0 Å². The van der Waals surface area contributed by atoms with Gasteiger partial charge in [0.2, 0.25) is 5.91 Å². The van der Waals surface area contributed by atoms with E-state index in [1.165, 1.54) is 0 Å². The van der Waals surface area contributed by atoms with Crippen LogP contribution in [0.4, 0.5) is 0 Å². The number of carbonyl (C=O) groups excluding carboxylic acids is 1. The number of amides is 1. The van der Waals surface area contributed by atoms with Gasteiger partial charge in [0, 0.05) is 12.7 Å². The molecule has 0 saturated carbocycles. The number of aliphatic hydroxyl groups is 2. The van der Waals surface area contributed by atoms with Gasteiger partial charge in [0.15, 0.2) is 0 Å². The Bertz CT molecular complexity index is 313. The average molecular weight is 253 g/mol.